The average Bonchev–Trinajstić information content (AvgIpc) is 2.68. The summed E-state index contributed by atoms with van der Waals surface area (Å²) in [5, 5.41) is 2.64. The maximum atomic E-state index is 6.07. The minimum absolute atomic E-state index is 0.338. The lowest BCUT2D eigenvalue weighted by molar-refractivity contribution is 0.319. The monoisotopic (exact) mass is 240 g/mol. The molecule has 3 rings (SSSR count). The number of rotatable bonds is 2. The summed E-state index contributed by atoms with van der Waals surface area (Å²) in [4.78, 5) is 2.46. The second-order valence-electron chi connectivity index (χ2n) is 5.52. The summed E-state index contributed by atoms with van der Waals surface area (Å²) in [6.45, 7) is 5.40. The molecule has 0 bridgehead atoms. The van der Waals surface area contributed by atoms with Crippen molar-refractivity contribution in [3.8, 4) is 0 Å². The summed E-state index contributed by atoms with van der Waals surface area (Å²) in [7, 11) is 0. The first kappa shape index (κ1) is 11.7. The molecule has 94 valence electrons. The van der Waals surface area contributed by atoms with Gasteiger partial charge in [0.1, 0.15) is 0 Å². The fourth-order valence-corrected chi connectivity index (χ4v) is 2.82. The van der Waals surface area contributed by atoms with Crippen LogP contribution in [-0.4, -0.2) is 24.0 Å². The lowest BCUT2D eigenvalue weighted by atomic mass is 10.1. The maximum absolute atomic E-state index is 6.07. The van der Waals surface area contributed by atoms with Gasteiger partial charge in [-0.1, -0.05) is 43.3 Å². The summed E-state index contributed by atoms with van der Waals surface area (Å²) in [5.74, 6) is 0.616. The summed E-state index contributed by atoms with van der Waals surface area (Å²) >= 11 is 0. The molecule has 0 spiro atoms. The van der Waals surface area contributed by atoms with Crippen LogP contribution in [0, 0.1) is 5.92 Å². The van der Waals surface area contributed by atoms with Crippen molar-refractivity contribution >= 4 is 10.8 Å². The molecule has 2 aromatic carbocycles. The van der Waals surface area contributed by atoms with Gasteiger partial charge in [-0.25, -0.2) is 0 Å². The second kappa shape index (κ2) is 4.71. The molecule has 0 aromatic heterocycles. The molecule has 2 unspecified atom stereocenters. The molecular formula is C16H20N2. The number of fused-ring (bicyclic) bond motifs is 1. The van der Waals surface area contributed by atoms with Gasteiger partial charge in [0.05, 0.1) is 0 Å². The fraction of sp³-hybridized carbons (Fsp3) is 0.375. The van der Waals surface area contributed by atoms with Crippen molar-refractivity contribution in [3.63, 3.8) is 0 Å². The number of likely N-dealkylation sites (tertiary alicyclic amines) is 1. The minimum atomic E-state index is 0.338. The van der Waals surface area contributed by atoms with Gasteiger partial charge in [0.2, 0.25) is 0 Å². The van der Waals surface area contributed by atoms with E-state index in [4.69, 9.17) is 5.73 Å². The number of hydrogen-bond acceptors (Lipinski definition) is 2. The third-order valence-corrected chi connectivity index (χ3v) is 3.97. The maximum Gasteiger partial charge on any atom is 0.0234 e. The Balaban J connectivity index is 1.79. The highest BCUT2D eigenvalue weighted by atomic mass is 15.2. The van der Waals surface area contributed by atoms with Crippen LogP contribution >= 0.6 is 0 Å². The molecule has 1 saturated heterocycles. The molecule has 2 atom stereocenters. The predicted octanol–water partition coefficient (Wildman–Crippen LogP) is 2.62. The van der Waals surface area contributed by atoms with Crippen LogP contribution in [0.1, 0.15) is 12.5 Å². The molecule has 1 aliphatic heterocycles. The van der Waals surface area contributed by atoms with Gasteiger partial charge in [-0.15, -0.1) is 0 Å². The molecule has 0 radical (unpaired) electrons. The zero-order valence-electron chi connectivity index (χ0n) is 10.8. The van der Waals surface area contributed by atoms with E-state index in [1.54, 1.807) is 0 Å². The first-order chi connectivity index (χ1) is 8.72. The van der Waals surface area contributed by atoms with Gasteiger partial charge in [-0.05, 0) is 28.3 Å². The van der Waals surface area contributed by atoms with E-state index >= 15 is 0 Å². The van der Waals surface area contributed by atoms with Gasteiger partial charge in [0.15, 0.2) is 0 Å². The fourth-order valence-electron chi connectivity index (χ4n) is 2.82. The van der Waals surface area contributed by atoms with E-state index in [2.05, 4.69) is 54.3 Å². The Morgan fingerprint density at radius 1 is 1.11 bits per heavy atom. The van der Waals surface area contributed by atoms with E-state index in [0.717, 1.165) is 19.6 Å². The molecule has 2 aromatic rings. The van der Waals surface area contributed by atoms with Crippen molar-refractivity contribution in [1.29, 1.82) is 0 Å². The molecule has 1 heterocycles. The van der Waals surface area contributed by atoms with Crippen molar-refractivity contribution in [3.05, 3.63) is 48.0 Å². The van der Waals surface area contributed by atoms with Crippen LogP contribution < -0.4 is 5.73 Å². The Labute approximate surface area is 108 Å². The van der Waals surface area contributed by atoms with Gasteiger partial charge in [0.25, 0.3) is 0 Å². The number of benzene rings is 2. The van der Waals surface area contributed by atoms with E-state index in [1.165, 1.54) is 16.3 Å². The standard InChI is InChI=1S/C16H20N2/c1-12-9-18(11-16(12)17)10-13-6-7-14-4-2-3-5-15(14)8-13/h2-8,12,16H,9-11,17H2,1H3. The normalized spacial score (nSPS) is 24.8. The summed E-state index contributed by atoms with van der Waals surface area (Å²) < 4.78 is 0. The smallest absolute Gasteiger partial charge is 0.0234 e. The van der Waals surface area contributed by atoms with Crippen molar-refractivity contribution in [2.24, 2.45) is 11.7 Å². The van der Waals surface area contributed by atoms with E-state index in [1.807, 2.05) is 0 Å². The van der Waals surface area contributed by atoms with Gasteiger partial charge in [-0.2, -0.15) is 0 Å². The van der Waals surface area contributed by atoms with E-state index in [-0.39, 0.29) is 0 Å². The summed E-state index contributed by atoms with van der Waals surface area (Å²) in [6.07, 6.45) is 0. The van der Waals surface area contributed by atoms with Crippen LogP contribution in [0.5, 0.6) is 0 Å². The van der Waals surface area contributed by atoms with Crippen LogP contribution in [-0.2, 0) is 6.54 Å². The molecule has 2 nitrogen and oxygen atoms in total. The molecule has 18 heavy (non-hydrogen) atoms. The molecule has 1 aliphatic rings. The molecule has 0 amide bonds. The number of hydrogen-bond donors (Lipinski definition) is 1. The zero-order chi connectivity index (χ0) is 12.5. The molecular weight excluding hydrogens is 220 g/mol. The Morgan fingerprint density at radius 2 is 1.89 bits per heavy atom. The molecule has 2 heteroatoms. The lowest BCUT2D eigenvalue weighted by Crippen LogP contribution is -2.28. The first-order valence-electron chi connectivity index (χ1n) is 6.68. The van der Waals surface area contributed by atoms with Crippen LogP contribution in [0.15, 0.2) is 42.5 Å². The number of nitrogens with zero attached hydrogens (tertiary/aromatic N) is 1. The predicted molar refractivity (Wildman–Crippen MR) is 76.4 cm³/mol. The van der Waals surface area contributed by atoms with Crippen LogP contribution in [0.4, 0.5) is 0 Å². The summed E-state index contributed by atoms with van der Waals surface area (Å²) in [5.41, 5.74) is 7.46. The molecule has 0 saturated carbocycles. The van der Waals surface area contributed by atoms with Crippen LogP contribution in [0.3, 0.4) is 0 Å². The van der Waals surface area contributed by atoms with E-state index in [9.17, 15) is 0 Å². The van der Waals surface area contributed by atoms with Gasteiger partial charge in [0, 0.05) is 25.7 Å². The largest absolute Gasteiger partial charge is 0.326 e. The van der Waals surface area contributed by atoms with Crippen LogP contribution in [0.25, 0.3) is 10.8 Å². The SMILES string of the molecule is CC1CN(Cc2ccc3ccccc3c2)CC1N. The minimum Gasteiger partial charge on any atom is -0.326 e. The Bertz CT molecular complexity index is 540. The molecule has 0 aliphatic carbocycles. The quantitative estimate of drug-likeness (QED) is 0.874. The number of nitrogens with two attached hydrogens (primary N) is 1. The van der Waals surface area contributed by atoms with Crippen molar-refractivity contribution in [2.45, 2.75) is 19.5 Å². The highest BCUT2D eigenvalue weighted by Crippen LogP contribution is 2.20. The molecule has 1 fully saturated rings. The lowest BCUT2D eigenvalue weighted by Gasteiger charge is -2.15. The molecule has 2 N–H and O–H groups in total. The Kier molecular flexibility index (Phi) is 3.06. The van der Waals surface area contributed by atoms with Gasteiger partial charge >= 0.3 is 0 Å². The van der Waals surface area contributed by atoms with E-state index in [0.29, 0.717) is 12.0 Å². The Morgan fingerprint density at radius 3 is 2.61 bits per heavy atom. The highest BCUT2D eigenvalue weighted by Gasteiger charge is 2.26. The average molecular weight is 240 g/mol. The first-order valence-corrected chi connectivity index (χ1v) is 6.68. The Hall–Kier alpha value is -1.38. The van der Waals surface area contributed by atoms with Crippen LogP contribution in [0.2, 0.25) is 0 Å². The van der Waals surface area contributed by atoms with Crippen molar-refractivity contribution in [2.75, 3.05) is 13.1 Å². The summed E-state index contributed by atoms with van der Waals surface area (Å²) in [6, 6.07) is 15.6. The van der Waals surface area contributed by atoms with E-state index < -0.39 is 0 Å². The second-order valence-corrected chi connectivity index (χ2v) is 5.52. The topological polar surface area (TPSA) is 29.3 Å². The third kappa shape index (κ3) is 2.26. The third-order valence-electron chi connectivity index (χ3n) is 3.97. The van der Waals surface area contributed by atoms with Crippen molar-refractivity contribution < 1.29 is 0 Å². The van der Waals surface area contributed by atoms with Crippen molar-refractivity contribution in [1.82, 2.24) is 4.90 Å². The van der Waals surface area contributed by atoms with Gasteiger partial charge in [-0.3, -0.25) is 4.90 Å². The van der Waals surface area contributed by atoms with Gasteiger partial charge < -0.3 is 5.73 Å². The zero-order valence-corrected chi connectivity index (χ0v) is 10.8. The highest BCUT2D eigenvalue weighted by molar-refractivity contribution is 5.82.